The van der Waals surface area contributed by atoms with Crippen LogP contribution in [0.15, 0.2) is 97.2 Å². The maximum absolute atomic E-state index is 13.4. The Labute approximate surface area is 256 Å². The third-order valence-electron chi connectivity index (χ3n) is 8.54. The van der Waals surface area contributed by atoms with Crippen molar-refractivity contribution in [1.29, 1.82) is 0 Å². The lowest BCUT2D eigenvalue weighted by atomic mass is 9.94. The third-order valence-corrected chi connectivity index (χ3v) is 8.54. The van der Waals surface area contributed by atoms with Gasteiger partial charge >= 0.3 is 0 Å². The van der Waals surface area contributed by atoms with Crippen molar-refractivity contribution in [2.24, 2.45) is 5.92 Å². The van der Waals surface area contributed by atoms with Crippen LogP contribution < -0.4 is 10.1 Å². The monoisotopic (exact) mass is 579 g/mol. The minimum atomic E-state index is -0.601. The summed E-state index contributed by atoms with van der Waals surface area (Å²) in [5.41, 5.74) is 3.58. The first-order valence-electron chi connectivity index (χ1n) is 15.9. The van der Waals surface area contributed by atoms with Gasteiger partial charge in [-0.2, -0.15) is 0 Å². The minimum absolute atomic E-state index is 0.0265. The zero-order chi connectivity index (χ0) is 29.7. The Bertz CT molecular complexity index is 1340. The summed E-state index contributed by atoms with van der Waals surface area (Å²) in [6.45, 7) is 2.38. The molecule has 0 aliphatic carbocycles. The first-order valence-corrected chi connectivity index (χ1v) is 15.9. The van der Waals surface area contributed by atoms with Gasteiger partial charge in [0.25, 0.3) is 0 Å². The standard InChI is InChI=1S/C37H45N3O3/c41-33(28-43-36-21-24-38-35-20-8-7-19-34(35)36)27-40-25-22-31(23-26-40)37(42)39-32(17-9-15-29-11-3-1-4-12-29)18-10-16-30-13-5-2-6-14-30/h1-8,11-14,19-21,24,31-33,41H,9-10,15-18,22-23,25-28H2,(H,39,42). The summed E-state index contributed by atoms with van der Waals surface area (Å²) >= 11 is 0. The number of carbonyl (C=O) groups is 1. The molecule has 1 unspecified atom stereocenters. The molecule has 43 heavy (non-hydrogen) atoms. The topological polar surface area (TPSA) is 74.7 Å². The number of aliphatic hydroxyl groups excluding tert-OH is 1. The molecule has 1 aliphatic heterocycles. The van der Waals surface area contributed by atoms with Crippen LogP contribution in [0.3, 0.4) is 0 Å². The van der Waals surface area contributed by atoms with Crippen LogP contribution in [0.4, 0.5) is 0 Å². The molecule has 5 rings (SSSR count). The molecule has 0 spiro atoms. The van der Waals surface area contributed by atoms with Crippen LogP contribution in [-0.2, 0) is 17.6 Å². The molecule has 6 nitrogen and oxygen atoms in total. The van der Waals surface area contributed by atoms with E-state index in [2.05, 4.69) is 75.9 Å². The summed E-state index contributed by atoms with van der Waals surface area (Å²) < 4.78 is 5.97. The van der Waals surface area contributed by atoms with E-state index in [-0.39, 0.29) is 24.5 Å². The average Bonchev–Trinajstić information content (AvgIpc) is 3.05. The highest BCUT2D eigenvalue weighted by Gasteiger charge is 2.27. The normalized spacial score (nSPS) is 15.0. The number of aliphatic hydroxyl groups is 1. The molecule has 1 fully saturated rings. The average molecular weight is 580 g/mol. The molecule has 4 aromatic rings. The van der Waals surface area contributed by atoms with Crippen molar-refractivity contribution in [2.75, 3.05) is 26.2 Å². The lowest BCUT2D eigenvalue weighted by molar-refractivity contribution is -0.127. The van der Waals surface area contributed by atoms with Gasteiger partial charge in [0.1, 0.15) is 18.5 Å². The number of piperidine rings is 1. The number of carbonyl (C=O) groups excluding carboxylic acids is 1. The fraction of sp³-hybridized carbons (Fsp3) is 0.405. The number of pyridine rings is 1. The molecule has 2 heterocycles. The molecular weight excluding hydrogens is 534 g/mol. The number of para-hydroxylation sites is 1. The molecule has 1 aliphatic rings. The van der Waals surface area contributed by atoms with E-state index in [1.54, 1.807) is 6.20 Å². The number of nitrogens with zero attached hydrogens (tertiary/aromatic N) is 2. The molecule has 1 aromatic heterocycles. The van der Waals surface area contributed by atoms with E-state index in [0.29, 0.717) is 6.54 Å². The second-order valence-corrected chi connectivity index (χ2v) is 11.8. The van der Waals surface area contributed by atoms with Crippen molar-refractivity contribution in [3.63, 3.8) is 0 Å². The highest BCUT2D eigenvalue weighted by atomic mass is 16.5. The number of benzene rings is 3. The lowest BCUT2D eigenvalue weighted by Crippen LogP contribution is -2.46. The zero-order valence-corrected chi connectivity index (χ0v) is 25.1. The molecule has 2 N–H and O–H groups in total. The lowest BCUT2D eigenvalue weighted by Gasteiger charge is -2.33. The van der Waals surface area contributed by atoms with Crippen LogP contribution in [0.25, 0.3) is 10.9 Å². The second kappa shape index (κ2) is 16.2. The number of hydrogen-bond donors (Lipinski definition) is 2. The van der Waals surface area contributed by atoms with Crippen LogP contribution in [0.1, 0.15) is 49.7 Å². The van der Waals surface area contributed by atoms with Crippen molar-refractivity contribution >= 4 is 16.8 Å². The molecule has 0 radical (unpaired) electrons. The fourth-order valence-corrected chi connectivity index (χ4v) is 6.11. The highest BCUT2D eigenvalue weighted by Crippen LogP contribution is 2.24. The van der Waals surface area contributed by atoms with E-state index in [9.17, 15) is 9.90 Å². The van der Waals surface area contributed by atoms with Crippen molar-refractivity contribution < 1.29 is 14.6 Å². The van der Waals surface area contributed by atoms with Gasteiger partial charge in [-0.25, -0.2) is 0 Å². The summed E-state index contributed by atoms with van der Waals surface area (Å²) in [5.74, 6) is 0.957. The molecule has 0 bridgehead atoms. The second-order valence-electron chi connectivity index (χ2n) is 11.8. The molecule has 1 saturated heterocycles. The highest BCUT2D eigenvalue weighted by molar-refractivity contribution is 5.84. The Hall–Kier alpha value is -3.74. The number of aromatic nitrogens is 1. The van der Waals surface area contributed by atoms with E-state index >= 15 is 0 Å². The first kappa shape index (κ1) is 30.7. The Morgan fingerprint density at radius 3 is 2.12 bits per heavy atom. The number of ether oxygens (including phenoxy) is 1. The Balaban J connectivity index is 1.06. The van der Waals surface area contributed by atoms with Crippen molar-refractivity contribution in [2.45, 2.75) is 63.5 Å². The molecule has 0 saturated carbocycles. The van der Waals surface area contributed by atoms with Crippen LogP contribution in [0.5, 0.6) is 5.75 Å². The van der Waals surface area contributed by atoms with Gasteiger partial charge in [0.05, 0.1) is 5.52 Å². The number of hydrogen-bond acceptors (Lipinski definition) is 5. The van der Waals surface area contributed by atoms with E-state index in [1.165, 1.54) is 11.1 Å². The Morgan fingerprint density at radius 2 is 1.47 bits per heavy atom. The van der Waals surface area contributed by atoms with Crippen LogP contribution in [-0.4, -0.2) is 59.3 Å². The number of amides is 1. The van der Waals surface area contributed by atoms with Gasteiger partial charge in [-0.1, -0.05) is 72.8 Å². The number of rotatable bonds is 15. The van der Waals surface area contributed by atoms with E-state index in [1.807, 2.05) is 30.3 Å². The maximum atomic E-state index is 13.4. The van der Waals surface area contributed by atoms with Crippen molar-refractivity contribution in [1.82, 2.24) is 15.2 Å². The predicted molar refractivity (Wildman–Crippen MR) is 173 cm³/mol. The number of β-amino-alcohol motifs (C(OH)–C–C–N with tert-alkyl or cyclic N) is 1. The van der Waals surface area contributed by atoms with Gasteiger partial charge in [-0.05, 0) is 93.8 Å². The molecule has 6 heteroatoms. The summed E-state index contributed by atoms with van der Waals surface area (Å²) in [7, 11) is 0. The van der Waals surface area contributed by atoms with Gasteiger partial charge in [0.15, 0.2) is 0 Å². The minimum Gasteiger partial charge on any atom is -0.490 e. The number of likely N-dealkylation sites (tertiary alicyclic amines) is 1. The van der Waals surface area contributed by atoms with Gasteiger partial charge < -0.3 is 20.1 Å². The predicted octanol–water partition coefficient (Wildman–Crippen LogP) is 6.22. The van der Waals surface area contributed by atoms with E-state index in [0.717, 1.165) is 81.1 Å². The molecule has 3 aromatic carbocycles. The SMILES string of the molecule is O=C(NC(CCCc1ccccc1)CCCc1ccccc1)C1CCN(CC(O)COc2ccnc3ccccc23)CC1. The van der Waals surface area contributed by atoms with Crippen LogP contribution in [0.2, 0.25) is 0 Å². The maximum Gasteiger partial charge on any atom is 0.223 e. The zero-order valence-electron chi connectivity index (χ0n) is 25.1. The smallest absolute Gasteiger partial charge is 0.223 e. The van der Waals surface area contributed by atoms with Gasteiger partial charge in [-0.3, -0.25) is 9.78 Å². The van der Waals surface area contributed by atoms with Gasteiger partial charge in [-0.15, -0.1) is 0 Å². The molecular formula is C37H45N3O3. The van der Waals surface area contributed by atoms with Crippen LogP contribution in [0, 0.1) is 5.92 Å². The fourth-order valence-electron chi connectivity index (χ4n) is 6.11. The van der Waals surface area contributed by atoms with E-state index < -0.39 is 6.10 Å². The van der Waals surface area contributed by atoms with Crippen LogP contribution >= 0.6 is 0 Å². The Morgan fingerprint density at radius 1 is 0.860 bits per heavy atom. The van der Waals surface area contributed by atoms with Crippen molar-refractivity contribution in [3.05, 3.63) is 108 Å². The molecule has 226 valence electrons. The summed E-state index contributed by atoms with van der Waals surface area (Å²) in [4.78, 5) is 20.0. The number of nitrogens with one attached hydrogen (secondary N) is 1. The van der Waals surface area contributed by atoms with E-state index in [4.69, 9.17) is 4.74 Å². The third kappa shape index (κ3) is 9.63. The van der Waals surface area contributed by atoms with Gasteiger partial charge in [0, 0.05) is 30.1 Å². The number of aryl methyl sites for hydroxylation is 2. The number of fused-ring (bicyclic) bond motifs is 1. The molecule has 1 amide bonds. The summed E-state index contributed by atoms with van der Waals surface area (Å²) in [6.07, 6.45) is 8.95. The first-order chi connectivity index (χ1) is 21.1. The Kier molecular flexibility index (Phi) is 11.6. The van der Waals surface area contributed by atoms with Gasteiger partial charge in [0.2, 0.25) is 5.91 Å². The van der Waals surface area contributed by atoms with Crippen molar-refractivity contribution in [3.8, 4) is 5.75 Å². The quantitative estimate of drug-likeness (QED) is 0.175. The largest absolute Gasteiger partial charge is 0.490 e. The molecule has 1 atom stereocenters. The summed E-state index contributed by atoms with van der Waals surface area (Å²) in [5, 5.41) is 15.1. The summed E-state index contributed by atoms with van der Waals surface area (Å²) in [6, 6.07) is 31.1.